The van der Waals surface area contributed by atoms with Crippen LogP contribution >= 0.6 is 0 Å². The average molecular weight is 357 g/mol. The molecule has 1 aromatic heterocycles. The number of urea groups is 1. The lowest BCUT2D eigenvalue weighted by atomic mass is 9.93. The third-order valence-corrected chi connectivity index (χ3v) is 4.71. The molecule has 0 spiro atoms. The Morgan fingerprint density at radius 1 is 1.46 bits per heavy atom. The quantitative estimate of drug-likeness (QED) is 0.742. The Morgan fingerprint density at radius 3 is 3.15 bits per heavy atom. The summed E-state index contributed by atoms with van der Waals surface area (Å²) >= 11 is 0. The fraction of sp³-hybridized carbons (Fsp3) is 0.474. The molecule has 0 aliphatic carbocycles. The first-order chi connectivity index (χ1) is 12.7. The van der Waals surface area contributed by atoms with E-state index in [0.29, 0.717) is 12.5 Å². The van der Waals surface area contributed by atoms with Crippen molar-refractivity contribution in [1.82, 2.24) is 20.4 Å². The normalized spacial score (nSPS) is 17.7. The maximum atomic E-state index is 11.8. The smallest absolute Gasteiger partial charge is 0.319 e. The maximum absolute atomic E-state index is 11.8. The zero-order valence-corrected chi connectivity index (χ0v) is 15.4. The fourth-order valence-electron chi connectivity index (χ4n) is 3.50. The van der Waals surface area contributed by atoms with Crippen LogP contribution in [-0.2, 0) is 6.54 Å². The summed E-state index contributed by atoms with van der Waals surface area (Å²) in [6, 6.07) is 8.01. The van der Waals surface area contributed by atoms with Gasteiger partial charge >= 0.3 is 6.03 Å². The molecule has 2 aromatic rings. The highest BCUT2D eigenvalue weighted by Crippen LogP contribution is 2.31. The van der Waals surface area contributed by atoms with Gasteiger partial charge in [-0.3, -0.25) is 10.00 Å². The minimum atomic E-state index is -0.195. The number of methoxy groups -OCH3 is 1. The number of carbonyl (C=O) groups is 1. The van der Waals surface area contributed by atoms with E-state index in [1.165, 1.54) is 5.56 Å². The Labute approximate surface area is 154 Å². The number of carbonyl (C=O) groups excluding carboxylic acids is 1. The van der Waals surface area contributed by atoms with Crippen LogP contribution in [0.3, 0.4) is 0 Å². The molecule has 26 heavy (non-hydrogen) atoms. The summed E-state index contributed by atoms with van der Waals surface area (Å²) in [7, 11) is 1.69. The van der Waals surface area contributed by atoms with E-state index in [1.54, 1.807) is 13.3 Å². The molecule has 0 bridgehead atoms. The molecule has 0 radical (unpaired) electrons. The lowest BCUT2D eigenvalue weighted by molar-refractivity contribution is 0.198. The van der Waals surface area contributed by atoms with Crippen LogP contribution in [-0.4, -0.2) is 47.9 Å². The first kappa shape index (κ1) is 18.3. The SMILES string of the molecule is CCNC(=O)Nc1cn[nH]c1[C@@H]1CCCN(Cc2cccc(OC)c2)C1. The first-order valence-electron chi connectivity index (χ1n) is 9.13. The van der Waals surface area contributed by atoms with Crippen molar-refractivity contribution in [3.8, 4) is 5.75 Å². The number of nitrogens with one attached hydrogen (secondary N) is 3. The highest BCUT2D eigenvalue weighted by Gasteiger charge is 2.25. The highest BCUT2D eigenvalue weighted by molar-refractivity contribution is 5.89. The molecule has 140 valence electrons. The van der Waals surface area contributed by atoms with Gasteiger partial charge in [-0.15, -0.1) is 0 Å². The van der Waals surface area contributed by atoms with Gasteiger partial charge in [-0.1, -0.05) is 12.1 Å². The van der Waals surface area contributed by atoms with Gasteiger partial charge in [0.1, 0.15) is 5.75 Å². The first-order valence-corrected chi connectivity index (χ1v) is 9.13. The van der Waals surface area contributed by atoms with Crippen LogP contribution in [0.1, 0.15) is 36.9 Å². The van der Waals surface area contributed by atoms with E-state index in [1.807, 2.05) is 19.1 Å². The molecule has 1 aromatic carbocycles. The molecule has 7 heteroatoms. The summed E-state index contributed by atoms with van der Waals surface area (Å²) in [6.07, 6.45) is 3.89. The van der Waals surface area contributed by atoms with Crippen molar-refractivity contribution in [3.05, 3.63) is 41.7 Å². The Hall–Kier alpha value is -2.54. The molecule has 1 saturated heterocycles. The Balaban J connectivity index is 1.65. The zero-order chi connectivity index (χ0) is 18.4. The third kappa shape index (κ3) is 4.54. The summed E-state index contributed by atoms with van der Waals surface area (Å²) in [5, 5.41) is 12.9. The van der Waals surface area contributed by atoms with E-state index in [-0.39, 0.29) is 6.03 Å². The van der Waals surface area contributed by atoms with Crippen LogP contribution in [0.15, 0.2) is 30.5 Å². The molecule has 0 saturated carbocycles. The topological polar surface area (TPSA) is 82.3 Å². The molecule has 3 rings (SSSR count). The van der Waals surface area contributed by atoms with Gasteiger partial charge in [-0.05, 0) is 44.0 Å². The Bertz CT molecular complexity index is 730. The van der Waals surface area contributed by atoms with E-state index in [0.717, 1.165) is 49.6 Å². The number of aromatic amines is 1. The van der Waals surface area contributed by atoms with Crippen molar-refractivity contribution in [2.24, 2.45) is 0 Å². The molecule has 0 unspecified atom stereocenters. The van der Waals surface area contributed by atoms with Gasteiger partial charge in [0.2, 0.25) is 0 Å². The number of amides is 2. The summed E-state index contributed by atoms with van der Waals surface area (Å²) in [5.41, 5.74) is 3.02. The molecule has 7 nitrogen and oxygen atoms in total. The van der Waals surface area contributed by atoms with E-state index < -0.39 is 0 Å². The number of hydrogen-bond donors (Lipinski definition) is 3. The minimum Gasteiger partial charge on any atom is -0.497 e. The molecule has 1 aliphatic heterocycles. The second-order valence-corrected chi connectivity index (χ2v) is 6.61. The van der Waals surface area contributed by atoms with E-state index in [9.17, 15) is 4.79 Å². The van der Waals surface area contributed by atoms with Gasteiger partial charge in [-0.25, -0.2) is 4.79 Å². The van der Waals surface area contributed by atoms with Crippen LogP contribution in [0.4, 0.5) is 10.5 Å². The van der Waals surface area contributed by atoms with Crippen LogP contribution in [0.25, 0.3) is 0 Å². The molecule has 2 amide bonds. The molecular formula is C19H27N5O2. The second kappa shape index (κ2) is 8.71. The number of likely N-dealkylation sites (tertiary alicyclic amines) is 1. The summed E-state index contributed by atoms with van der Waals surface area (Å²) in [4.78, 5) is 14.3. The number of benzene rings is 1. The number of hydrogen-bond acceptors (Lipinski definition) is 4. The van der Waals surface area contributed by atoms with Crippen LogP contribution in [0, 0.1) is 0 Å². The predicted octanol–water partition coefficient (Wildman–Crippen LogP) is 2.94. The number of aromatic nitrogens is 2. The van der Waals surface area contributed by atoms with Crippen molar-refractivity contribution < 1.29 is 9.53 Å². The van der Waals surface area contributed by atoms with Crippen molar-refractivity contribution in [3.63, 3.8) is 0 Å². The molecule has 1 atom stereocenters. The number of H-pyrrole nitrogens is 1. The number of rotatable bonds is 6. The van der Waals surface area contributed by atoms with Gasteiger partial charge in [0.05, 0.1) is 24.7 Å². The summed E-state index contributed by atoms with van der Waals surface area (Å²) in [5.74, 6) is 1.21. The van der Waals surface area contributed by atoms with Crippen molar-refractivity contribution in [2.45, 2.75) is 32.2 Å². The van der Waals surface area contributed by atoms with E-state index in [4.69, 9.17) is 4.74 Å². The number of nitrogens with zero attached hydrogens (tertiary/aromatic N) is 2. The van der Waals surface area contributed by atoms with Gasteiger partial charge in [0, 0.05) is 25.6 Å². The van der Waals surface area contributed by atoms with E-state index in [2.05, 4.69) is 37.9 Å². The molecule has 2 heterocycles. The highest BCUT2D eigenvalue weighted by atomic mass is 16.5. The lowest BCUT2D eigenvalue weighted by Gasteiger charge is -2.32. The summed E-state index contributed by atoms with van der Waals surface area (Å²) in [6.45, 7) is 5.38. The average Bonchev–Trinajstić information content (AvgIpc) is 3.10. The molecule has 1 fully saturated rings. The van der Waals surface area contributed by atoms with Crippen LogP contribution in [0.2, 0.25) is 0 Å². The summed E-state index contributed by atoms with van der Waals surface area (Å²) < 4.78 is 5.32. The number of ether oxygens (including phenoxy) is 1. The van der Waals surface area contributed by atoms with Crippen LogP contribution < -0.4 is 15.4 Å². The molecule has 3 N–H and O–H groups in total. The Kier molecular flexibility index (Phi) is 6.12. The van der Waals surface area contributed by atoms with Gasteiger partial charge in [0.15, 0.2) is 0 Å². The van der Waals surface area contributed by atoms with Crippen LogP contribution in [0.5, 0.6) is 5.75 Å². The molecular weight excluding hydrogens is 330 g/mol. The second-order valence-electron chi connectivity index (χ2n) is 6.61. The zero-order valence-electron chi connectivity index (χ0n) is 15.4. The largest absolute Gasteiger partial charge is 0.497 e. The molecule has 1 aliphatic rings. The monoisotopic (exact) mass is 357 g/mol. The number of anilines is 1. The minimum absolute atomic E-state index is 0.195. The number of piperidine rings is 1. The van der Waals surface area contributed by atoms with E-state index >= 15 is 0 Å². The van der Waals surface area contributed by atoms with Crippen molar-refractivity contribution in [2.75, 3.05) is 32.1 Å². The fourth-order valence-corrected chi connectivity index (χ4v) is 3.50. The third-order valence-electron chi connectivity index (χ3n) is 4.71. The standard InChI is InChI=1S/C19H27N5O2/c1-3-20-19(25)22-17-11-21-23-18(17)15-7-5-9-24(13-15)12-14-6-4-8-16(10-14)26-2/h4,6,8,10-11,15H,3,5,7,9,12-13H2,1-2H3,(H,21,23)(H2,20,22,25)/t15-/m1/s1. The maximum Gasteiger partial charge on any atom is 0.319 e. The predicted molar refractivity (Wildman–Crippen MR) is 102 cm³/mol. The lowest BCUT2D eigenvalue weighted by Crippen LogP contribution is -2.34. The Morgan fingerprint density at radius 2 is 2.35 bits per heavy atom. The van der Waals surface area contributed by atoms with Gasteiger partial charge < -0.3 is 15.4 Å². The van der Waals surface area contributed by atoms with Gasteiger partial charge in [-0.2, -0.15) is 5.10 Å². The van der Waals surface area contributed by atoms with Gasteiger partial charge in [0.25, 0.3) is 0 Å². The van der Waals surface area contributed by atoms with Crippen molar-refractivity contribution >= 4 is 11.7 Å². The van der Waals surface area contributed by atoms with Crippen molar-refractivity contribution in [1.29, 1.82) is 0 Å².